The first-order valence-electron chi connectivity index (χ1n) is 5.81. The molecule has 0 aliphatic heterocycles. The number of unbranched alkanes of at least 4 members (excludes halogenated alkanes) is 2. The Bertz CT molecular complexity index is 57.1. The van der Waals surface area contributed by atoms with E-state index in [1.807, 2.05) is 13.8 Å². The van der Waals surface area contributed by atoms with Crippen LogP contribution in [0.3, 0.4) is 0 Å². The molecule has 0 spiro atoms. The van der Waals surface area contributed by atoms with Gasteiger partial charge in [0.25, 0.3) is 0 Å². The first-order valence-corrected chi connectivity index (χ1v) is 5.81. The van der Waals surface area contributed by atoms with Gasteiger partial charge >= 0.3 is 0 Å². The molecule has 0 saturated heterocycles. The predicted molar refractivity (Wildman–Crippen MR) is 59.6 cm³/mol. The molecule has 12 heavy (non-hydrogen) atoms. The zero-order chi connectivity index (χ0) is 9.82. The highest BCUT2D eigenvalue weighted by molar-refractivity contribution is 4.51. The van der Waals surface area contributed by atoms with Crippen LogP contribution in [0.2, 0.25) is 0 Å². The lowest BCUT2D eigenvalue weighted by molar-refractivity contribution is 0.459. The summed E-state index contributed by atoms with van der Waals surface area (Å²) < 4.78 is 0. The summed E-state index contributed by atoms with van der Waals surface area (Å²) in [6.07, 6.45) is 8.45. The maximum absolute atomic E-state index is 2.37. The summed E-state index contributed by atoms with van der Waals surface area (Å²) in [7, 11) is 0. The van der Waals surface area contributed by atoms with Gasteiger partial charge in [0.1, 0.15) is 0 Å². The van der Waals surface area contributed by atoms with Gasteiger partial charge in [0.2, 0.25) is 0 Å². The Labute approximate surface area is 79.8 Å². The highest BCUT2D eigenvalue weighted by Crippen LogP contribution is 2.13. The molecule has 0 N–H and O–H groups in total. The smallest absolute Gasteiger partial charge is 0.0443 e. The normalized spacial score (nSPS) is 11.8. The van der Waals surface area contributed by atoms with Crippen LogP contribution in [0.5, 0.6) is 0 Å². The van der Waals surface area contributed by atoms with Gasteiger partial charge in [0.15, 0.2) is 0 Å². The van der Waals surface area contributed by atoms with Crippen LogP contribution in [-0.2, 0) is 0 Å². The highest BCUT2D eigenvalue weighted by Gasteiger charge is 1.98. The average molecular weight is 172 g/mol. The molecular weight excluding hydrogens is 144 g/mol. The Morgan fingerprint density at radius 1 is 0.833 bits per heavy atom. The van der Waals surface area contributed by atoms with Gasteiger partial charge in [0, 0.05) is 0 Å². The molecule has 0 aromatic carbocycles. The Hall–Kier alpha value is 0. The summed E-state index contributed by atoms with van der Waals surface area (Å²) in [6, 6.07) is 0. The minimum absolute atomic E-state index is 0.969. The molecule has 0 fully saturated rings. The van der Waals surface area contributed by atoms with Crippen molar-refractivity contribution in [3.05, 3.63) is 0 Å². The van der Waals surface area contributed by atoms with Crippen LogP contribution < -0.4 is 0 Å². The lowest BCUT2D eigenvalue weighted by atomic mass is 9.99. The van der Waals surface area contributed by atoms with E-state index in [4.69, 9.17) is 0 Å². The van der Waals surface area contributed by atoms with Gasteiger partial charge in [-0.15, -0.1) is 0 Å². The third-order valence-electron chi connectivity index (χ3n) is 2.08. The maximum atomic E-state index is 2.37. The quantitative estimate of drug-likeness (QED) is 0.493. The van der Waals surface area contributed by atoms with E-state index in [0.717, 1.165) is 5.92 Å². The first-order chi connectivity index (χ1) is 5.81. The van der Waals surface area contributed by atoms with Crippen molar-refractivity contribution in [1.29, 1.82) is 0 Å². The van der Waals surface area contributed by atoms with E-state index in [9.17, 15) is 0 Å². The zero-order valence-corrected chi connectivity index (χ0v) is 9.82. The molecule has 0 aliphatic carbocycles. The summed E-state index contributed by atoms with van der Waals surface area (Å²) in [4.78, 5) is 0. The molecule has 0 saturated carbocycles. The minimum atomic E-state index is 0.969. The van der Waals surface area contributed by atoms with E-state index >= 15 is 0 Å². The lowest BCUT2D eigenvalue weighted by Crippen LogP contribution is -1.92. The SMILES string of the molecule is CC.CCCCCC(C)CCC. The van der Waals surface area contributed by atoms with Crippen LogP contribution in [-0.4, -0.2) is 0 Å². The molecule has 0 bridgehead atoms. The second-order valence-corrected chi connectivity index (χ2v) is 3.39. The summed E-state index contributed by atoms with van der Waals surface area (Å²) in [5, 5.41) is 0. The number of hydrogen-bond acceptors (Lipinski definition) is 0. The van der Waals surface area contributed by atoms with Gasteiger partial charge in [-0.25, -0.2) is 0 Å². The first kappa shape index (κ1) is 14.5. The molecular formula is C12H28. The van der Waals surface area contributed by atoms with Gasteiger partial charge in [-0.2, -0.15) is 0 Å². The molecule has 0 radical (unpaired) electrons. The summed E-state index contributed by atoms with van der Waals surface area (Å²) >= 11 is 0. The summed E-state index contributed by atoms with van der Waals surface area (Å²) in [6.45, 7) is 10.9. The van der Waals surface area contributed by atoms with Gasteiger partial charge in [-0.05, 0) is 5.92 Å². The van der Waals surface area contributed by atoms with Gasteiger partial charge in [-0.3, -0.25) is 0 Å². The van der Waals surface area contributed by atoms with Crippen molar-refractivity contribution in [3.63, 3.8) is 0 Å². The zero-order valence-electron chi connectivity index (χ0n) is 9.82. The minimum Gasteiger partial charge on any atom is -0.0683 e. The molecule has 0 heterocycles. The molecule has 0 nitrogen and oxygen atoms in total. The topological polar surface area (TPSA) is 0 Å². The van der Waals surface area contributed by atoms with E-state index in [1.165, 1.54) is 38.5 Å². The van der Waals surface area contributed by atoms with Crippen LogP contribution in [0.15, 0.2) is 0 Å². The standard InChI is InChI=1S/C10H22.C2H6/c1-4-6-7-9-10(3)8-5-2;1-2/h10H,4-9H2,1-3H3;1-2H3. The van der Waals surface area contributed by atoms with Crippen molar-refractivity contribution in [3.8, 4) is 0 Å². The van der Waals surface area contributed by atoms with E-state index < -0.39 is 0 Å². The fraction of sp³-hybridized carbons (Fsp3) is 1.00. The molecule has 0 aromatic rings. The number of rotatable bonds is 6. The summed E-state index contributed by atoms with van der Waals surface area (Å²) in [5.41, 5.74) is 0. The average Bonchev–Trinajstić information content (AvgIpc) is 2.09. The third kappa shape index (κ3) is 12.7. The molecule has 0 aromatic heterocycles. The molecule has 0 rings (SSSR count). The highest BCUT2D eigenvalue weighted by atomic mass is 14.0. The van der Waals surface area contributed by atoms with E-state index in [1.54, 1.807) is 0 Å². The van der Waals surface area contributed by atoms with Crippen molar-refractivity contribution < 1.29 is 0 Å². The second kappa shape index (κ2) is 13.6. The van der Waals surface area contributed by atoms with E-state index in [-0.39, 0.29) is 0 Å². The molecule has 0 amide bonds. The van der Waals surface area contributed by atoms with Crippen LogP contribution in [0, 0.1) is 5.92 Å². The summed E-state index contributed by atoms with van der Waals surface area (Å²) in [5.74, 6) is 0.969. The monoisotopic (exact) mass is 172 g/mol. The second-order valence-electron chi connectivity index (χ2n) is 3.39. The van der Waals surface area contributed by atoms with Gasteiger partial charge < -0.3 is 0 Å². The van der Waals surface area contributed by atoms with Gasteiger partial charge in [0.05, 0.1) is 0 Å². The van der Waals surface area contributed by atoms with Gasteiger partial charge in [-0.1, -0.05) is 73.1 Å². The Kier molecular flexibility index (Phi) is 16.4. The molecule has 0 aliphatic rings. The molecule has 0 heteroatoms. The van der Waals surface area contributed by atoms with Crippen LogP contribution >= 0.6 is 0 Å². The Morgan fingerprint density at radius 2 is 1.42 bits per heavy atom. The van der Waals surface area contributed by atoms with Crippen LogP contribution in [0.25, 0.3) is 0 Å². The third-order valence-corrected chi connectivity index (χ3v) is 2.08. The Morgan fingerprint density at radius 3 is 1.83 bits per heavy atom. The fourth-order valence-corrected chi connectivity index (χ4v) is 1.38. The largest absolute Gasteiger partial charge is 0.0683 e. The molecule has 1 unspecified atom stereocenters. The van der Waals surface area contributed by atoms with Crippen molar-refractivity contribution in [2.45, 2.75) is 73.1 Å². The lowest BCUT2D eigenvalue weighted by Gasteiger charge is -2.07. The predicted octanol–water partition coefficient (Wildman–Crippen LogP) is 5.03. The van der Waals surface area contributed by atoms with Crippen molar-refractivity contribution in [2.24, 2.45) is 5.92 Å². The van der Waals surface area contributed by atoms with Crippen molar-refractivity contribution >= 4 is 0 Å². The van der Waals surface area contributed by atoms with E-state index in [0.29, 0.717) is 0 Å². The molecule has 1 atom stereocenters. The number of hydrogen-bond donors (Lipinski definition) is 0. The molecule has 76 valence electrons. The Balaban J connectivity index is 0. The fourth-order valence-electron chi connectivity index (χ4n) is 1.38. The van der Waals surface area contributed by atoms with Crippen LogP contribution in [0.4, 0.5) is 0 Å². The van der Waals surface area contributed by atoms with Crippen molar-refractivity contribution in [2.75, 3.05) is 0 Å². The van der Waals surface area contributed by atoms with E-state index in [2.05, 4.69) is 20.8 Å². The maximum Gasteiger partial charge on any atom is -0.0443 e. The van der Waals surface area contributed by atoms with Crippen molar-refractivity contribution in [1.82, 2.24) is 0 Å². The van der Waals surface area contributed by atoms with Crippen LogP contribution in [0.1, 0.15) is 73.1 Å².